The van der Waals surface area contributed by atoms with Gasteiger partial charge in [-0.05, 0) is 60.9 Å². The molecule has 4 nitrogen and oxygen atoms in total. The number of carbonyl (C=O) groups excluding carboxylic acids is 1. The second-order valence-electron chi connectivity index (χ2n) is 8.15. The molecule has 0 unspecified atom stereocenters. The molecule has 3 aromatic rings. The van der Waals surface area contributed by atoms with Crippen molar-refractivity contribution in [2.24, 2.45) is 0 Å². The summed E-state index contributed by atoms with van der Waals surface area (Å²) < 4.78 is 37.9. The van der Waals surface area contributed by atoms with Gasteiger partial charge in [0.25, 0.3) is 0 Å². The van der Waals surface area contributed by atoms with Gasteiger partial charge in [0.1, 0.15) is 0 Å². The SMILES string of the molecule is Nc1cc(C2CCCCC2)nc2ccc(NC(=O)/C=C/c3ccc(C(F)(F)F)cc3)cc12. The molecule has 1 aliphatic carbocycles. The number of benzene rings is 2. The van der Waals surface area contributed by atoms with Gasteiger partial charge in [0.2, 0.25) is 5.91 Å². The molecule has 0 aliphatic heterocycles. The quantitative estimate of drug-likeness (QED) is 0.454. The standard InChI is InChI=1S/C25H24F3N3O/c26-25(27,28)18-9-6-16(7-10-18)8-13-24(32)30-19-11-12-22-20(14-19)21(29)15-23(31-22)17-4-2-1-3-5-17/h6-15,17H,1-5H2,(H2,29,31)(H,30,32)/b13-8+. The van der Waals surface area contributed by atoms with E-state index in [-0.39, 0.29) is 0 Å². The molecule has 7 heteroatoms. The fraction of sp³-hybridized carbons (Fsp3) is 0.280. The van der Waals surface area contributed by atoms with E-state index in [1.54, 1.807) is 12.1 Å². The molecule has 4 rings (SSSR count). The van der Waals surface area contributed by atoms with Crippen LogP contribution in [0, 0.1) is 0 Å². The number of pyridine rings is 1. The van der Waals surface area contributed by atoms with Crippen molar-refractivity contribution >= 4 is 34.3 Å². The Hall–Kier alpha value is -3.35. The largest absolute Gasteiger partial charge is 0.416 e. The van der Waals surface area contributed by atoms with Gasteiger partial charge >= 0.3 is 6.18 Å². The summed E-state index contributed by atoms with van der Waals surface area (Å²) in [6.45, 7) is 0. The van der Waals surface area contributed by atoms with Crippen LogP contribution >= 0.6 is 0 Å². The van der Waals surface area contributed by atoms with E-state index in [1.807, 2.05) is 12.1 Å². The number of amides is 1. The van der Waals surface area contributed by atoms with Gasteiger partial charge in [0, 0.05) is 34.4 Å². The van der Waals surface area contributed by atoms with Crippen molar-refractivity contribution in [2.75, 3.05) is 11.1 Å². The van der Waals surface area contributed by atoms with Crippen LogP contribution in [-0.2, 0) is 11.0 Å². The normalized spacial score (nSPS) is 15.3. The van der Waals surface area contributed by atoms with E-state index in [4.69, 9.17) is 10.7 Å². The van der Waals surface area contributed by atoms with Crippen molar-refractivity contribution in [1.82, 2.24) is 4.98 Å². The average molecular weight is 439 g/mol. The summed E-state index contributed by atoms with van der Waals surface area (Å²) in [5.74, 6) is 0.0553. The van der Waals surface area contributed by atoms with Gasteiger partial charge in [0.15, 0.2) is 0 Å². The lowest BCUT2D eigenvalue weighted by Crippen LogP contribution is -2.09. The van der Waals surface area contributed by atoms with Crippen molar-refractivity contribution < 1.29 is 18.0 Å². The molecule has 2 aromatic carbocycles. The highest BCUT2D eigenvalue weighted by molar-refractivity contribution is 6.03. The summed E-state index contributed by atoms with van der Waals surface area (Å²) in [5, 5.41) is 3.53. The Bertz CT molecular complexity index is 1150. The summed E-state index contributed by atoms with van der Waals surface area (Å²) in [5.41, 5.74) is 9.09. The number of nitrogens with zero attached hydrogens (tertiary/aromatic N) is 1. The number of aromatic nitrogens is 1. The highest BCUT2D eigenvalue weighted by Crippen LogP contribution is 2.34. The lowest BCUT2D eigenvalue weighted by Gasteiger charge is -2.21. The smallest absolute Gasteiger partial charge is 0.398 e. The lowest BCUT2D eigenvalue weighted by molar-refractivity contribution is -0.137. The molecule has 0 spiro atoms. The van der Waals surface area contributed by atoms with Crippen LogP contribution in [0.2, 0.25) is 0 Å². The zero-order valence-corrected chi connectivity index (χ0v) is 17.5. The van der Waals surface area contributed by atoms with E-state index in [0.717, 1.165) is 41.6 Å². The Morgan fingerprint density at radius 3 is 2.44 bits per heavy atom. The van der Waals surface area contributed by atoms with Crippen molar-refractivity contribution in [1.29, 1.82) is 0 Å². The molecular weight excluding hydrogens is 415 g/mol. The maximum atomic E-state index is 12.6. The van der Waals surface area contributed by atoms with Gasteiger partial charge < -0.3 is 11.1 Å². The first kappa shape index (κ1) is 21.9. The summed E-state index contributed by atoms with van der Waals surface area (Å²) in [4.78, 5) is 17.1. The van der Waals surface area contributed by atoms with Gasteiger partial charge in [-0.15, -0.1) is 0 Å². The number of fused-ring (bicyclic) bond motifs is 1. The lowest BCUT2D eigenvalue weighted by atomic mass is 9.86. The molecule has 1 heterocycles. The number of rotatable bonds is 4. The monoisotopic (exact) mass is 439 g/mol. The van der Waals surface area contributed by atoms with Crippen LogP contribution in [0.15, 0.2) is 54.6 Å². The molecule has 3 N–H and O–H groups in total. The molecule has 1 saturated carbocycles. The van der Waals surface area contributed by atoms with Gasteiger partial charge in [-0.1, -0.05) is 31.4 Å². The Morgan fingerprint density at radius 1 is 1.03 bits per heavy atom. The minimum Gasteiger partial charge on any atom is -0.398 e. The number of alkyl halides is 3. The second-order valence-corrected chi connectivity index (χ2v) is 8.15. The van der Waals surface area contributed by atoms with Gasteiger partial charge in [0.05, 0.1) is 11.1 Å². The number of hydrogen-bond acceptors (Lipinski definition) is 3. The molecule has 1 aliphatic rings. The number of nitrogens with two attached hydrogens (primary N) is 1. The molecule has 0 atom stereocenters. The van der Waals surface area contributed by atoms with E-state index in [2.05, 4.69) is 5.32 Å². The Labute approximate surface area is 184 Å². The summed E-state index contributed by atoms with van der Waals surface area (Å²) in [7, 11) is 0. The predicted molar refractivity (Wildman–Crippen MR) is 121 cm³/mol. The number of nitrogen functional groups attached to an aromatic ring is 1. The minimum atomic E-state index is -4.39. The molecular formula is C25H24F3N3O. The topological polar surface area (TPSA) is 68.0 Å². The molecule has 166 valence electrons. The molecule has 32 heavy (non-hydrogen) atoms. The van der Waals surface area contributed by atoms with Crippen LogP contribution < -0.4 is 11.1 Å². The van der Waals surface area contributed by atoms with E-state index >= 15 is 0 Å². The Morgan fingerprint density at radius 2 is 1.75 bits per heavy atom. The summed E-state index contributed by atoms with van der Waals surface area (Å²) >= 11 is 0. The number of carbonyl (C=O) groups is 1. The van der Waals surface area contributed by atoms with Crippen LogP contribution in [0.25, 0.3) is 17.0 Å². The first-order valence-corrected chi connectivity index (χ1v) is 10.7. The molecule has 0 bridgehead atoms. The van der Waals surface area contributed by atoms with Crippen LogP contribution in [0.4, 0.5) is 24.5 Å². The number of hydrogen-bond donors (Lipinski definition) is 2. The second kappa shape index (κ2) is 9.02. The highest BCUT2D eigenvalue weighted by atomic mass is 19.4. The predicted octanol–water partition coefficient (Wildman–Crippen LogP) is 6.54. The van der Waals surface area contributed by atoms with E-state index in [1.165, 1.54) is 43.5 Å². The first-order chi connectivity index (χ1) is 15.3. The zero-order valence-electron chi connectivity index (χ0n) is 17.5. The molecule has 0 saturated heterocycles. The highest BCUT2D eigenvalue weighted by Gasteiger charge is 2.29. The number of anilines is 2. The molecule has 1 fully saturated rings. The van der Waals surface area contributed by atoms with E-state index in [9.17, 15) is 18.0 Å². The summed E-state index contributed by atoms with van der Waals surface area (Å²) in [6, 6.07) is 11.9. The molecule has 0 radical (unpaired) electrons. The third kappa shape index (κ3) is 5.10. The van der Waals surface area contributed by atoms with Crippen LogP contribution in [0.1, 0.15) is 54.8 Å². The number of halogens is 3. The van der Waals surface area contributed by atoms with E-state index in [0.29, 0.717) is 22.9 Å². The maximum Gasteiger partial charge on any atom is 0.416 e. The van der Waals surface area contributed by atoms with E-state index < -0.39 is 17.6 Å². The van der Waals surface area contributed by atoms with Crippen molar-refractivity contribution in [3.63, 3.8) is 0 Å². The number of nitrogens with one attached hydrogen (secondary N) is 1. The third-order valence-electron chi connectivity index (χ3n) is 5.82. The Kier molecular flexibility index (Phi) is 6.17. The van der Waals surface area contributed by atoms with Crippen molar-refractivity contribution in [3.05, 3.63) is 71.4 Å². The van der Waals surface area contributed by atoms with Crippen LogP contribution in [-0.4, -0.2) is 10.9 Å². The summed E-state index contributed by atoms with van der Waals surface area (Å²) in [6.07, 6.45) is 4.34. The third-order valence-corrected chi connectivity index (χ3v) is 5.82. The van der Waals surface area contributed by atoms with Gasteiger partial charge in [-0.3, -0.25) is 9.78 Å². The zero-order chi connectivity index (χ0) is 22.7. The fourth-order valence-corrected chi connectivity index (χ4v) is 4.10. The average Bonchev–Trinajstić information content (AvgIpc) is 2.78. The maximum absolute atomic E-state index is 12.6. The van der Waals surface area contributed by atoms with Crippen molar-refractivity contribution in [3.8, 4) is 0 Å². The minimum absolute atomic E-state index is 0.394. The first-order valence-electron chi connectivity index (χ1n) is 10.7. The van der Waals surface area contributed by atoms with Gasteiger partial charge in [-0.25, -0.2) is 0 Å². The molecule has 1 amide bonds. The van der Waals surface area contributed by atoms with Gasteiger partial charge in [-0.2, -0.15) is 13.2 Å². The fourth-order valence-electron chi connectivity index (χ4n) is 4.10. The Balaban J connectivity index is 1.46. The van der Waals surface area contributed by atoms with Crippen LogP contribution in [0.5, 0.6) is 0 Å². The van der Waals surface area contributed by atoms with Crippen LogP contribution in [0.3, 0.4) is 0 Å². The van der Waals surface area contributed by atoms with Crippen molar-refractivity contribution in [2.45, 2.75) is 44.2 Å². The molecule has 1 aromatic heterocycles.